The van der Waals surface area contributed by atoms with E-state index in [1.807, 2.05) is 6.92 Å². The number of alkyl halides is 4. The average Bonchev–Trinajstić information content (AvgIpc) is 1.64. The first-order valence-electron chi connectivity index (χ1n) is 2.41. The minimum absolute atomic E-state index is 0.630. The lowest BCUT2D eigenvalue weighted by atomic mass is 10.7. The second-order valence-electron chi connectivity index (χ2n) is 1.39. The molecule has 0 fully saturated rings. The molecule has 0 aromatic rings. The first kappa shape index (κ1) is 10.1. The molecule has 5 heteroatoms. The highest BCUT2D eigenvalue weighted by atomic mass is 35.5. The van der Waals surface area contributed by atoms with Gasteiger partial charge in [0.15, 0.2) is 9.92 Å². The van der Waals surface area contributed by atoms with E-state index in [0.29, 0.717) is 6.54 Å². The number of hydrogen-bond donors (Lipinski definition) is 0. The first-order valence-corrected chi connectivity index (χ1v) is 4.16. The van der Waals surface area contributed by atoms with Crippen LogP contribution in [0, 0.1) is 0 Å². The maximum absolute atomic E-state index is 5.46. The van der Waals surface area contributed by atoms with E-state index in [1.165, 1.54) is 4.90 Å². The van der Waals surface area contributed by atoms with Crippen LogP contribution in [0.1, 0.15) is 6.92 Å². The fourth-order valence-corrected chi connectivity index (χ4v) is 1.59. The highest BCUT2D eigenvalue weighted by Gasteiger charge is 2.16. The molecule has 0 spiro atoms. The number of nitrogens with zero attached hydrogens (tertiary/aromatic N) is 1. The molecule has 0 aromatic heterocycles. The van der Waals surface area contributed by atoms with Gasteiger partial charge in [-0.15, -0.1) is 0 Å². The fourth-order valence-electron chi connectivity index (χ4n) is 0.361. The van der Waals surface area contributed by atoms with Crippen molar-refractivity contribution in [3.63, 3.8) is 0 Å². The molecule has 0 saturated heterocycles. The van der Waals surface area contributed by atoms with Crippen molar-refractivity contribution < 1.29 is 0 Å². The van der Waals surface area contributed by atoms with Gasteiger partial charge in [0.1, 0.15) is 0 Å². The summed E-state index contributed by atoms with van der Waals surface area (Å²) in [5, 5.41) is 0. The van der Waals surface area contributed by atoms with Gasteiger partial charge in [0, 0.05) is 6.54 Å². The van der Waals surface area contributed by atoms with Crippen LogP contribution < -0.4 is 0 Å². The summed E-state index contributed by atoms with van der Waals surface area (Å²) in [6.45, 7) is 2.50. The highest BCUT2D eigenvalue weighted by Crippen LogP contribution is 2.17. The number of hydrogen-bond acceptors (Lipinski definition) is 1. The van der Waals surface area contributed by atoms with E-state index in [0.717, 1.165) is 0 Å². The van der Waals surface area contributed by atoms with Gasteiger partial charge < -0.3 is 0 Å². The Morgan fingerprint density at radius 2 is 1.44 bits per heavy atom. The molecule has 0 radical (unpaired) electrons. The van der Waals surface area contributed by atoms with Gasteiger partial charge in [-0.2, -0.15) is 0 Å². The van der Waals surface area contributed by atoms with Gasteiger partial charge in [-0.3, -0.25) is 0 Å². The van der Waals surface area contributed by atoms with Gasteiger partial charge in [-0.25, -0.2) is 4.90 Å². The quantitative estimate of drug-likeness (QED) is 0.512. The second kappa shape index (κ2) is 4.86. The Labute approximate surface area is 74.8 Å². The standard InChI is InChI=1S/C4H7Cl4N/c1-2-9(3(5)6)4(7)8/h3-4H,2H2,1H3. The molecule has 0 rings (SSSR count). The molecule has 0 amide bonds. The summed E-state index contributed by atoms with van der Waals surface area (Å²) in [5.74, 6) is 0. The van der Waals surface area contributed by atoms with Crippen LogP contribution in [0.25, 0.3) is 0 Å². The smallest absolute Gasteiger partial charge is 0.162 e. The lowest BCUT2D eigenvalue weighted by molar-refractivity contribution is 0.341. The maximum Gasteiger partial charge on any atom is 0.162 e. The van der Waals surface area contributed by atoms with Crippen LogP contribution in [0.15, 0.2) is 0 Å². The van der Waals surface area contributed by atoms with Crippen molar-refractivity contribution in [1.29, 1.82) is 0 Å². The van der Waals surface area contributed by atoms with E-state index < -0.39 is 9.92 Å². The molecule has 0 heterocycles. The summed E-state index contributed by atoms with van der Waals surface area (Å²) in [4.78, 5) is 0.261. The summed E-state index contributed by atoms with van der Waals surface area (Å²) in [5.41, 5.74) is 0. The molecular weight excluding hydrogens is 204 g/mol. The lowest BCUT2D eigenvalue weighted by Gasteiger charge is -2.21. The maximum atomic E-state index is 5.46. The van der Waals surface area contributed by atoms with Crippen LogP contribution in [-0.2, 0) is 0 Å². The zero-order chi connectivity index (χ0) is 7.44. The molecule has 0 N–H and O–H groups in total. The SMILES string of the molecule is CCN(C(Cl)Cl)C(Cl)Cl. The minimum Gasteiger partial charge on any atom is -0.246 e. The summed E-state index contributed by atoms with van der Waals surface area (Å²) in [7, 11) is 0. The van der Waals surface area contributed by atoms with Gasteiger partial charge in [-0.1, -0.05) is 53.3 Å². The lowest BCUT2D eigenvalue weighted by Crippen LogP contribution is -2.30. The average molecular weight is 211 g/mol. The van der Waals surface area contributed by atoms with Crippen LogP contribution in [0.4, 0.5) is 0 Å². The van der Waals surface area contributed by atoms with Gasteiger partial charge in [-0.05, 0) is 0 Å². The molecule has 0 saturated carbocycles. The predicted molar refractivity (Wildman–Crippen MR) is 43.4 cm³/mol. The van der Waals surface area contributed by atoms with E-state index in [-0.39, 0.29) is 0 Å². The fraction of sp³-hybridized carbons (Fsp3) is 1.00. The Balaban J connectivity index is 3.68. The van der Waals surface area contributed by atoms with E-state index in [2.05, 4.69) is 0 Å². The Hall–Kier alpha value is 1.12. The topological polar surface area (TPSA) is 3.24 Å². The van der Waals surface area contributed by atoms with Gasteiger partial charge in [0.2, 0.25) is 0 Å². The van der Waals surface area contributed by atoms with Gasteiger partial charge >= 0.3 is 0 Å². The molecule has 0 atom stereocenters. The molecule has 56 valence electrons. The van der Waals surface area contributed by atoms with Crippen LogP contribution >= 0.6 is 46.4 Å². The summed E-state index contributed by atoms with van der Waals surface area (Å²) in [6, 6.07) is 0. The van der Waals surface area contributed by atoms with Crippen molar-refractivity contribution in [3.05, 3.63) is 0 Å². The Morgan fingerprint density at radius 1 is 1.11 bits per heavy atom. The third kappa shape index (κ3) is 3.74. The van der Waals surface area contributed by atoms with E-state index >= 15 is 0 Å². The molecule has 0 aromatic carbocycles. The summed E-state index contributed by atoms with van der Waals surface area (Å²) >= 11 is 21.8. The van der Waals surface area contributed by atoms with E-state index in [1.54, 1.807) is 0 Å². The second-order valence-corrected chi connectivity index (χ2v) is 3.49. The molecular formula is C4H7Cl4N. The molecule has 9 heavy (non-hydrogen) atoms. The molecule has 0 aliphatic rings. The Bertz CT molecular complexity index is 67.0. The monoisotopic (exact) mass is 209 g/mol. The van der Waals surface area contributed by atoms with Crippen molar-refractivity contribution in [3.8, 4) is 0 Å². The van der Waals surface area contributed by atoms with Crippen LogP contribution in [0.2, 0.25) is 0 Å². The van der Waals surface area contributed by atoms with Crippen LogP contribution in [-0.4, -0.2) is 21.4 Å². The summed E-state index contributed by atoms with van der Waals surface area (Å²) < 4.78 is 0. The number of rotatable bonds is 3. The largest absolute Gasteiger partial charge is 0.246 e. The van der Waals surface area contributed by atoms with E-state index in [4.69, 9.17) is 46.4 Å². The normalized spacial score (nSPS) is 12.0. The first-order chi connectivity index (χ1) is 4.09. The van der Waals surface area contributed by atoms with Gasteiger partial charge in [0.25, 0.3) is 0 Å². The van der Waals surface area contributed by atoms with Crippen molar-refractivity contribution in [1.82, 2.24) is 4.90 Å². The molecule has 1 nitrogen and oxygen atoms in total. The molecule has 0 unspecified atom stereocenters. The van der Waals surface area contributed by atoms with Crippen molar-refractivity contribution >= 4 is 46.4 Å². The molecule has 0 aliphatic carbocycles. The molecule has 0 aliphatic heterocycles. The van der Waals surface area contributed by atoms with Crippen molar-refractivity contribution in [2.75, 3.05) is 6.54 Å². The third-order valence-electron chi connectivity index (χ3n) is 0.867. The van der Waals surface area contributed by atoms with Crippen LogP contribution in [0.3, 0.4) is 0 Å². The van der Waals surface area contributed by atoms with E-state index in [9.17, 15) is 0 Å². The zero-order valence-corrected chi connectivity index (χ0v) is 7.84. The highest BCUT2D eigenvalue weighted by molar-refractivity contribution is 6.47. The summed E-state index contributed by atoms with van der Waals surface area (Å²) in [6.07, 6.45) is 0. The molecule has 0 bridgehead atoms. The Kier molecular flexibility index (Phi) is 5.47. The predicted octanol–water partition coefficient (Wildman–Crippen LogP) is 2.83. The zero-order valence-electron chi connectivity index (χ0n) is 4.82. The number of halogens is 4. The Morgan fingerprint density at radius 3 is 1.44 bits per heavy atom. The third-order valence-corrected chi connectivity index (χ3v) is 1.87. The van der Waals surface area contributed by atoms with Crippen LogP contribution in [0.5, 0.6) is 0 Å². The van der Waals surface area contributed by atoms with Crippen molar-refractivity contribution in [2.45, 2.75) is 16.8 Å². The van der Waals surface area contributed by atoms with Gasteiger partial charge in [0.05, 0.1) is 0 Å². The van der Waals surface area contributed by atoms with Crippen molar-refractivity contribution in [2.24, 2.45) is 0 Å². The minimum atomic E-state index is -0.630.